The van der Waals surface area contributed by atoms with Crippen LogP contribution in [0.4, 0.5) is 0 Å². The highest BCUT2D eigenvalue weighted by Gasteiger charge is 2.16. The number of amides is 1. The van der Waals surface area contributed by atoms with E-state index in [2.05, 4.69) is 4.98 Å². The number of aromatic nitrogens is 2. The van der Waals surface area contributed by atoms with Crippen molar-refractivity contribution in [1.29, 1.82) is 0 Å². The third-order valence-corrected chi connectivity index (χ3v) is 3.25. The van der Waals surface area contributed by atoms with Crippen molar-refractivity contribution in [2.75, 3.05) is 20.3 Å². The van der Waals surface area contributed by atoms with Crippen LogP contribution in [0, 0.1) is 0 Å². The van der Waals surface area contributed by atoms with Gasteiger partial charge >= 0.3 is 0 Å². The van der Waals surface area contributed by atoms with Crippen LogP contribution in [-0.2, 0) is 9.53 Å². The first-order valence-corrected chi connectivity index (χ1v) is 6.71. The molecule has 0 radical (unpaired) electrons. The Hall–Kier alpha value is -2.45. The Morgan fingerprint density at radius 2 is 2.27 bits per heavy atom. The van der Waals surface area contributed by atoms with E-state index in [9.17, 15) is 9.59 Å². The van der Waals surface area contributed by atoms with Crippen molar-refractivity contribution >= 4 is 16.8 Å². The average molecular weight is 306 g/mol. The van der Waals surface area contributed by atoms with Crippen LogP contribution in [0.3, 0.4) is 0 Å². The Labute approximate surface area is 126 Å². The predicted molar refractivity (Wildman–Crippen MR) is 80.4 cm³/mol. The molecule has 0 aliphatic rings. The van der Waals surface area contributed by atoms with Crippen LogP contribution in [-0.4, -0.2) is 35.8 Å². The molecule has 2 rings (SSSR count). The average Bonchev–Trinajstić information content (AvgIpc) is 2.54. The van der Waals surface area contributed by atoms with Gasteiger partial charge in [-0.15, -0.1) is 0 Å². The van der Waals surface area contributed by atoms with Crippen LogP contribution in [0.25, 0.3) is 10.9 Å². The van der Waals surface area contributed by atoms with Crippen LogP contribution >= 0.6 is 0 Å². The fourth-order valence-electron chi connectivity index (χ4n) is 1.99. The molecule has 0 saturated carbocycles. The molecule has 118 valence electrons. The van der Waals surface area contributed by atoms with Gasteiger partial charge in [0.2, 0.25) is 0 Å². The number of pyridine rings is 2. The molecule has 1 amide bonds. The van der Waals surface area contributed by atoms with Crippen molar-refractivity contribution in [2.24, 2.45) is 5.84 Å². The van der Waals surface area contributed by atoms with Crippen molar-refractivity contribution in [2.45, 2.75) is 13.0 Å². The number of nitrogens with zero attached hydrogens (tertiary/aromatic N) is 2. The van der Waals surface area contributed by atoms with Gasteiger partial charge in [-0.1, -0.05) is 0 Å². The maximum absolute atomic E-state index is 12.5. The Balaban J connectivity index is 2.40. The molecule has 1 atom stereocenters. The molecule has 0 fully saturated rings. The summed E-state index contributed by atoms with van der Waals surface area (Å²) in [6.45, 7) is 2.38. The lowest BCUT2D eigenvalue weighted by Gasteiger charge is -2.14. The van der Waals surface area contributed by atoms with Gasteiger partial charge in [0, 0.05) is 13.3 Å². The summed E-state index contributed by atoms with van der Waals surface area (Å²) in [6, 6.07) is 2.54. The van der Waals surface area contributed by atoms with Crippen LogP contribution < -0.4 is 21.6 Å². The lowest BCUT2D eigenvalue weighted by atomic mass is 10.2. The second kappa shape index (κ2) is 7.01. The Morgan fingerprint density at radius 3 is 2.95 bits per heavy atom. The van der Waals surface area contributed by atoms with Crippen molar-refractivity contribution < 1.29 is 14.3 Å². The zero-order valence-corrected chi connectivity index (χ0v) is 12.4. The van der Waals surface area contributed by atoms with Gasteiger partial charge in [0.05, 0.1) is 23.7 Å². The molecule has 0 spiro atoms. The number of hydrazine groups is 1. The largest absolute Gasteiger partial charge is 0.490 e. The van der Waals surface area contributed by atoms with Gasteiger partial charge in [0.1, 0.15) is 18.4 Å². The second-order valence-corrected chi connectivity index (χ2v) is 4.66. The first-order valence-electron chi connectivity index (χ1n) is 6.71. The normalized spacial score (nSPS) is 12.1. The SMILES string of the molecule is COCCOc1cnc2ccn(C(C)C(=O)NN)c(=O)c2c1. The standard InChI is InChI=1S/C14H18N4O4/c1-9(13(19)17-15)18-4-3-12-11(14(18)20)7-10(8-16-12)22-6-5-21-2/h3-4,7-9H,5-6,15H2,1-2H3,(H,17,19). The summed E-state index contributed by atoms with van der Waals surface area (Å²) in [4.78, 5) is 28.3. The van der Waals surface area contributed by atoms with Gasteiger partial charge in [0.25, 0.3) is 11.5 Å². The molecule has 0 aliphatic heterocycles. The number of fused-ring (bicyclic) bond motifs is 1. The Kier molecular flexibility index (Phi) is 5.08. The molecule has 8 heteroatoms. The number of nitrogens with one attached hydrogen (secondary N) is 1. The highest BCUT2D eigenvalue weighted by molar-refractivity contribution is 5.81. The van der Waals surface area contributed by atoms with Gasteiger partial charge < -0.3 is 14.0 Å². The topological polar surface area (TPSA) is 108 Å². The summed E-state index contributed by atoms with van der Waals surface area (Å²) in [7, 11) is 1.57. The highest BCUT2D eigenvalue weighted by atomic mass is 16.5. The number of methoxy groups -OCH3 is 1. The molecule has 0 aliphatic carbocycles. The van der Waals surface area contributed by atoms with Crippen LogP contribution in [0.1, 0.15) is 13.0 Å². The molecule has 0 saturated heterocycles. The van der Waals surface area contributed by atoms with Crippen molar-refractivity contribution in [3.8, 4) is 5.75 Å². The highest BCUT2D eigenvalue weighted by Crippen LogP contribution is 2.16. The third kappa shape index (κ3) is 3.23. The number of carbonyl (C=O) groups is 1. The first kappa shape index (κ1) is 15.9. The lowest BCUT2D eigenvalue weighted by Crippen LogP contribution is -2.39. The fourth-order valence-corrected chi connectivity index (χ4v) is 1.99. The summed E-state index contributed by atoms with van der Waals surface area (Å²) in [6.07, 6.45) is 3.06. The van der Waals surface area contributed by atoms with E-state index in [4.69, 9.17) is 15.3 Å². The van der Waals surface area contributed by atoms with E-state index in [1.54, 1.807) is 26.2 Å². The minimum atomic E-state index is -0.722. The zero-order valence-electron chi connectivity index (χ0n) is 12.4. The summed E-state index contributed by atoms with van der Waals surface area (Å²) >= 11 is 0. The molecule has 8 nitrogen and oxygen atoms in total. The summed E-state index contributed by atoms with van der Waals surface area (Å²) in [5.74, 6) is 5.12. The maximum Gasteiger partial charge on any atom is 0.260 e. The minimum absolute atomic E-state index is 0.335. The first-order chi connectivity index (χ1) is 10.6. The number of carbonyl (C=O) groups excluding carboxylic acids is 1. The quantitative estimate of drug-likeness (QED) is 0.336. The Morgan fingerprint density at radius 1 is 1.50 bits per heavy atom. The molecule has 0 aromatic carbocycles. The summed E-state index contributed by atoms with van der Waals surface area (Å²) < 4.78 is 11.6. The smallest absolute Gasteiger partial charge is 0.260 e. The van der Waals surface area contributed by atoms with Gasteiger partial charge in [-0.05, 0) is 19.1 Å². The van der Waals surface area contributed by atoms with E-state index in [0.29, 0.717) is 29.9 Å². The number of nitrogens with two attached hydrogens (primary N) is 1. The van der Waals surface area contributed by atoms with E-state index < -0.39 is 11.9 Å². The number of ether oxygens (including phenoxy) is 2. The van der Waals surface area contributed by atoms with Crippen LogP contribution in [0.15, 0.2) is 29.3 Å². The van der Waals surface area contributed by atoms with Crippen molar-refractivity contribution in [1.82, 2.24) is 15.0 Å². The maximum atomic E-state index is 12.5. The zero-order chi connectivity index (χ0) is 16.1. The number of hydrogen-bond acceptors (Lipinski definition) is 6. The molecular formula is C14H18N4O4. The number of rotatable bonds is 6. The Bertz CT molecular complexity index is 728. The van der Waals surface area contributed by atoms with Crippen molar-refractivity contribution in [3.05, 3.63) is 34.9 Å². The fraction of sp³-hybridized carbons (Fsp3) is 0.357. The molecule has 2 heterocycles. The summed E-state index contributed by atoms with van der Waals surface area (Å²) in [5.41, 5.74) is 2.22. The summed E-state index contributed by atoms with van der Waals surface area (Å²) in [5, 5.41) is 0.370. The molecule has 1 unspecified atom stereocenters. The van der Waals surface area contributed by atoms with E-state index in [0.717, 1.165) is 0 Å². The monoisotopic (exact) mass is 306 g/mol. The molecule has 0 bridgehead atoms. The predicted octanol–water partition coefficient (Wildman–Crippen LogP) is -0.0274. The molecule has 2 aromatic rings. The molecule has 2 aromatic heterocycles. The number of hydrogen-bond donors (Lipinski definition) is 2. The van der Waals surface area contributed by atoms with E-state index in [-0.39, 0.29) is 5.56 Å². The molecular weight excluding hydrogens is 288 g/mol. The lowest BCUT2D eigenvalue weighted by molar-refractivity contribution is -0.124. The minimum Gasteiger partial charge on any atom is -0.490 e. The van der Waals surface area contributed by atoms with Crippen LogP contribution in [0.2, 0.25) is 0 Å². The van der Waals surface area contributed by atoms with E-state index in [1.165, 1.54) is 17.0 Å². The van der Waals surface area contributed by atoms with Crippen LogP contribution in [0.5, 0.6) is 5.75 Å². The second-order valence-electron chi connectivity index (χ2n) is 4.66. The van der Waals surface area contributed by atoms with Gasteiger partial charge in [0.15, 0.2) is 0 Å². The van der Waals surface area contributed by atoms with Gasteiger partial charge in [-0.3, -0.25) is 20.0 Å². The van der Waals surface area contributed by atoms with E-state index >= 15 is 0 Å². The molecule has 3 N–H and O–H groups in total. The van der Waals surface area contributed by atoms with Crippen molar-refractivity contribution in [3.63, 3.8) is 0 Å². The van der Waals surface area contributed by atoms with Gasteiger partial charge in [-0.25, -0.2) is 5.84 Å². The van der Waals surface area contributed by atoms with E-state index in [1.807, 2.05) is 5.43 Å². The molecule has 22 heavy (non-hydrogen) atoms. The third-order valence-electron chi connectivity index (χ3n) is 3.25. The van der Waals surface area contributed by atoms with Gasteiger partial charge in [-0.2, -0.15) is 0 Å².